The van der Waals surface area contributed by atoms with Gasteiger partial charge in [-0.25, -0.2) is 14.9 Å². The minimum absolute atomic E-state index is 0.0250. The monoisotopic (exact) mass is 325 g/mol. The number of aryl methyl sites for hydroxylation is 1. The molecule has 0 aromatic carbocycles. The van der Waals surface area contributed by atoms with Gasteiger partial charge in [-0.2, -0.15) is 10.2 Å². The second-order valence-corrected chi connectivity index (χ2v) is 6.10. The quantitative estimate of drug-likeness (QED) is 0.621. The van der Waals surface area contributed by atoms with Crippen molar-refractivity contribution < 1.29 is 4.79 Å². The number of thioether (sulfide) groups is 1. The largest absolute Gasteiger partial charge is 0.346 e. The number of carbonyl (C=O) groups excluding carboxylic acids is 1. The lowest BCUT2D eigenvalue weighted by atomic mass is 9.99. The van der Waals surface area contributed by atoms with E-state index >= 15 is 0 Å². The number of aromatic nitrogens is 3. The van der Waals surface area contributed by atoms with Crippen LogP contribution in [0.2, 0.25) is 0 Å². The standard InChI is InChI=1S/C13H19N5O3S/c1-17-12(20)11(16-18(2)13(17)21)22-8-10(19)15-14-9-6-4-3-5-7-9/h3-8H2,1-2H3,(H,15,19). The number of amides is 1. The molecule has 0 unspecified atom stereocenters. The first kappa shape index (κ1) is 16.5. The van der Waals surface area contributed by atoms with E-state index in [1.54, 1.807) is 0 Å². The number of carbonyl (C=O) groups is 1. The van der Waals surface area contributed by atoms with E-state index in [2.05, 4.69) is 15.6 Å². The average Bonchev–Trinajstić information content (AvgIpc) is 2.54. The van der Waals surface area contributed by atoms with Gasteiger partial charge >= 0.3 is 5.69 Å². The highest BCUT2D eigenvalue weighted by molar-refractivity contribution is 7.99. The van der Waals surface area contributed by atoms with Crippen LogP contribution in [0.4, 0.5) is 0 Å². The van der Waals surface area contributed by atoms with Crippen LogP contribution >= 0.6 is 11.8 Å². The minimum Gasteiger partial charge on any atom is -0.272 e. The van der Waals surface area contributed by atoms with Crippen LogP contribution in [0.5, 0.6) is 0 Å². The Morgan fingerprint density at radius 2 is 1.95 bits per heavy atom. The highest BCUT2D eigenvalue weighted by atomic mass is 32.2. The molecule has 0 bridgehead atoms. The van der Waals surface area contributed by atoms with Gasteiger partial charge in [-0.15, -0.1) is 0 Å². The lowest BCUT2D eigenvalue weighted by Gasteiger charge is -2.11. The molecule has 0 spiro atoms. The zero-order chi connectivity index (χ0) is 16.1. The summed E-state index contributed by atoms with van der Waals surface area (Å²) in [6.07, 6.45) is 5.29. The minimum atomic E-state index is -0.500. The molecule has 1 aromatic heterocycles. The SMILES string of the molecule is Cn1nc(SCC(=O)NN=C2CCCCC2)c(=O)n(C)c1=O. The van der Waals surface area contributed by atoms with Crippen LogP contribution in [0, 0.1) is 0 Å². The second kappa shape index (κ2) is 7.39. The summed E-state index contributed by atoms with van der Waals surface area (Å²) in [7, 11) is 2.84. The maximum atomic E-state index is 11.9. The van der Waals surface area contributed by atoms with Crippen molar-refractivity contribution in [2.75, 3.05) is 5.75 Å². The topological polar surface area (TPSA) is 98.3 Å². The van der Waals surface area contributed by atoms with Gasteiger partial charge in [0.15, 0.2) is 5.03 Å². The van der Waals surface area contributed by atoms with Gasteiger partial charge in [-0.3, -0.25) is 14.2 Å². The number of nitrogens with zero attached hydrogens (tertiary/aromatic N) is 4. The molecule has 2 rings (SSSR count). The third kappa shape index (κ3) is 4.06. The Morgan fingerprint density at radius 3 is 2.64 bits per heavy atom. The van der Waals surface area contributed by atoms with Gasteiger partial charge < -0.3 is 0 Å². The van der Waals surface area contributed by atoms with E-state index in [1.807, 2.05) is 0 Å². The summed E-state index contributed by atoms with van der Waals surface area (Å²) in [4.78, 5) is 35.1. The van der Waals surface area contributed by atoms with Gasteiger partial charge in [-0.1, -0.05) is 18.2 Å². The molecule has 1 amide bonds. The number of rotatable bonds is 4. The van der Waals surface area contributed by atoms with Crippen LogP contribution < -0.4 is 16.7 Å². The fourth-order valence-electron chi connectivity index (χ4n) is 2.14. The Kier molecular flexibility index (Phi) is 5.53. The third-order valence-electron chi connectivity index (χ3n) is 3.40. The molecule has 1 saturated carbocycles. The van der Waals surface area contributed by atoms with Gasteiger partial charge in [0, 0.05) is 19.8 Å². The molecule has 1 aliphatic carbocycles. The predicted octanol–water partition coefficient (Wildman–Crippen LogP) is 0.00740. The summed E-state index contributed by atoms with van der Waals surface area (Å²) >= 11 is 0.993. The van der Waals surface area contributed by atoms with E-state index in [1.165, 1.54) is 20.5 Å². The summed E-state index contributed by atoms with van der Waals surface area (Å²) in [6.45, 7) is 0. The number of hydrogen-bond acceptors (Lipinski definition) is 6. The summed E-state index contributed by atoms with van der Waals surface area (Å²) in [5.74, 6) is -0.266. The van der Waals surface area contributed by atoms with Crippen LogP contribution in [0.15, 0.2) is 19.7 Å². The Labute approximate surface area is 131 Å². The first-order chi connectivity index (χ1) is 10.5. The maximum Gasteiger partial charge on any atom is 0.346 e. The molecule has 0 atom stereocenters. The molecule has 0 saturated heterocycles. The molecule has 1 fully saturated rings. The molecule has 1 heterocycles. The summed E-state index contributed by atoms with van der Waals surface area (Å²) < 4.78 is 2.04. The molecule has 1 aromatic rings. The average molecular weight is 325 g/mol. The first-order valence-corrected chi connectivity index (χ1v) is 8.09. The number of hydrogen-bond donors (Lipinski definition) is 1. The molecular weight excluding hydrogens is 306 g/mol. The molecule has 120 valence electrons. The fourth-order valence-corrected chi connectivity index (χ4v) is 2.91. The van der Waals surface area contributed by atoms with Gasteiger partial charge in [0.1, 0.15) is 0 Å². The Bertz CT molecular complexity index is 699. The number of nitrogens with one attached hydrogen (secondary N) is 1. The number of hydrazone groups is 1. The van der Waals surface area contributed by atoms with Crippen LogP contribution in [-0.2, 0) is 18.9 Å². The molecule has 9 heteroatoms. The predicted molar refractivity (Wildman–Crippen MR) is 84.1 cm³/mol. The Hall–Kier alpha value is -1.90. The third-order valence-corrected chi connectivity index (χ3v) is 4.34. The van der Waals surface area contributed by atoms with E-state index < -0.39 is 11.2 Å². The van der Waals surface area contributed by atoms with Crippen LogP contribution in [-0.4, -0.2) is 31.7 Å². The molecule has 8 nitrogen and oxygen atoms in total. The molecule has 1 N–H and O–H groups in total. The van der Waals surface area contributed by atoms with Crippen molar-refractivity contribution in [3.8, 4) is 0 Å². The van der Waals surface area contributed by atoms with Crippen molar-refractivity contribution in [2.24, 2.45) is 19.2 Å². The molecule has 0 aliphatic heterocycles. The zero-order valence-electron chi connectivity index (χ0n) is 12.7. The van der Waals surface area contributed by atoms with Crippen molar-refractivity contribution >= 4 is 23.4 Å². The zero-order valence-corrected chi connectivity index (χ0v) is 13.5. The summed E-state index contributed by atoms with van der Waals surface area (Å²) in [6, 6.07) is 0. The van der Waals surface area contributed by atoms with Gasteiger partial charge in [0.2, 0.25) is 5.91 Å². The molecule has 1 aliphatic rings. The van der Waals surface area contributed by atoms with E-state index in [9.17, 15) is 14.4 Å². The van der Waals surface area contributed by atoms with Crippen molar-refractivity contribution in [1.82, 2.24) is 19.8 Å². The van der Waals surface area contributed by atoms with Crippen molar-refractivity contribution in [1.29, 1.82) is 0 Å². The van der Waals surface area contributed by atoms with Crippen molar-refractivity contribution in [3.05, 3.63) is 20.8 Å². The fraction of sp³-hybridized carbons (Fsp3) is 0.615. The molecule has 22 heavy (non-hydrogen) atoms. The molecular formula is C13H19N5O3S. The van der Waals surface area contributed by atoms with Crippen LogP contribution in [0.1, 0.15) is 32.1 Å². The highest BCUT2D eigenvalue weighted by Crippen LogP contribution is 2.14. The normalized spacial score (nSPS) is 14.7. The highest BCUT2D eigenvalue weighted by Gasteiger charge is 2.12. The Balaban J connectivity index is 1.94. The maximum absolute atomic E-state index is 11.9. The second-order valence-electron chi connectivity index (χ2n) is 5.14. The van der Waals surface area contributed by atoms with E-state index in [0.29, 0.717) is 0 Å². The smallest absolute Gasteiger partial charge is 0.272 e. The van der Waals surface area contributed by atoms with Gasteiger partial charge in [0.05, 0.1) is 5.75 Å². The lowest BCUT2D eigenvalue weighted by Crippen LogP contribution is -2.39. The van der Waals surface area contributed by atoms with E-state index in [4.69, 9.17) is 0 Å². The molecule has 0 radical (unpaired) electrons. The van der Waals surface area contributed by atoms with E-state index in [0.717, 1.165) is 52.4 Å². The Morgan fingerprint density at radius 1 is 1.27 bits per heavy atom. The van der Waals surface area contributed by atoms with Crippen molar-refractivity contribution in [3.63, 3.8) is 0 Å². The van der Waals surface area contributed by atoms with Crippen molar-refractivity contribution in [2.45, 2.75) is 37.1 Å². The van der Waals surface area contributed by atoms with Gasteiger partial charge in [-0.05, 0) is 25.7 Å². The van der Waals surface area contributed by atoms with E-state index in [-0.39, 0.29) is 16.7 Å². The lowest BCUT2D eigenvalue weighted by molar-refractivity contribution is -0.118. The summed E-state index contributed by atoms with van der Waals surface area (Å²) in [5, 5.41) is 8.10. The van der Waals surface area contributed by atoms with Crippen LogP contribution in [0.25, 0.3) is 0 Å². The first-order valence-electron chi connectivity index (χ1n) is 7.10. The van der Waals surface area contributed by atoms with Crippen LogP contribution in [0.3, 0.4) is 0 Å². The summed E-state index contributed by atoms with van der Waals surface area (Å²) in [5.41, 5.74) is 2.52. The van der Waals surface area contributed by atoms with Gasteiger partial charge in [0.25, 0.3) is 5.56 Å².